The molecule has 2 rings (SSSR count). The molecule has 12 heavy (non-hydrogen) atoms. The van der Waals surface area contributed by atoms with E-state index in [0.29, 0.717) is 12.0 Å². The summed E-state index contributed by atoms with van der Waals surface area (Å²) in [5.74, 6) is 0.677. The van der Waals surface area contributed by atoms with Crippen molar-refractivity contribution >= 4 is 0 Å². The predicted molar refractivity (Wildman–Crippen MR) is 45.7 cm³/mol. The van der Waals surface area contributed by atoms with E-state index < -0.39 is 0 Å². The maximum Gasteiger partial charge on any atom is 0.0701 e. The van der Waals surface area contributed by atoms with Crippen molar-refractivity contribution < 1.29 is 0 Å². The zero-order chi connectivity index (χ0) is 8.55. The Morgan fingerprint density at radius 1 is 1.42 bits per heavy atom. The van der Waals surface area contributed by atoms with E-state index in [2.05, 4.69) is 29.2 Å². The molecule has 1 saturated heterocycles. The second-order valence-corrected chi connectivity index (χ2v) is 3.65. The Morgan fingerprint density at radius 3 is 2.75 bits per heavy atom. The Balaban J connectivity index is 2.15. The lowest BCUT2D eigenvalue weighted by molar-refractivity contribution is 0.373. The van der Waals surface area contributed by atoms with Crippen LogP contribution in [0.15, 0.2) is 12.4 Å². The van der Waals surface area contributed by atoms with Gasteiger partial charge < -0.3 is 4.90 Å². The van der Waals surface area contributed by atoms with Crippen molar-refractivity contribution in [2.75, 3.05) is 20.1 Å². The largest absolute Gasteiger partial charge is 0.304 e. The third kappa shape index (κ3) is 1.22. The minimum absolute atomic E-state index is 0.512. The molecule has 0 radical (unpaired) electrons. The quantitative estimate of drug-likeness (QED) is 0.605. The van der Waals surface area contributed by atoms with Gasteiger partial charge in [0.1, 0.15) is 0 Å². The molecule has 2 heterocycles. The molecule has 1 aromatic heterocycles. The van der Waals surface area contributed by atoms with Gasteiger partial charge in [-0.1, -0.05) is 12.1 Å². The lowest BCUT2D eigenvalue weighted by Crippen LogP contribution is -2.17. The molecule has 0 aliphatic carbocycles. The van der Waals surface area contributed by atoms with Crippen LogP contribution in [0, 0.1) is 5.92 Å². The first kappa shape index (κ1) is 7.73. The van der Waals surface area contributed by atoms with Crippen molar-refractivity contribution in [2.45, 2.75) is 13.0 Å². The van der Waals surface area contributed by atoms with Gasteiger partial charge in [0.05, 0.1) is 12.2 Å². The molecule has 0 amide bonds. The van der Waals surface area contributed by atoms with Crippen molar-refractivity contribution in [2.24, 2.45) is 5.92 Å². The van der Waals surface area contributed by atoms with Gasteiger partial charge in [0.25, 0.3) is 0 Å². The standard InChI is InChI=1S/C8H14N4/c1-7-5-11(2)6-8(7)12-4-3-9-10-12/h3-4,7-8H,5-6H2,1-2H3. The molecule has 0 aromatic carbocycles. The van der Waals surface area contributed by atoms with Crippen LogP contribution in [-0.2, 0) is 0 Å². The maximum atomic E-state index is 4.02. The summed E-state index contributed by atoms with van der Waals surface area (Å²) < 4.78 is 1.97. The Bertz CT molecular complexity index is 244. The van der Waals surface area contributed by atoms with Gasteiger partial charge in [-0.2, -0.15) is 0 Å². The highest BCUT2D eigenvalue weighted by Crippen LogP contribution is 2.24. The van der Waals surface area contributed by atoms with E-state index in [4.69, 9.17) is 0 Å². The number of likely N-dealkylation sites (tertiary alicyclic amines) is 1. The van der Waals surface area contributed by atoms with Crippen LogP contribution in [-0.4, -0.2) is 40.0 Å². The molecule has 1 aromatic rings. The van der Waals surface area contributed by atoms with Crippen LogP contribution in [0.1, 0.15) is 13.0 Å². The van der Waals surface area contributed by atoms with Gasteiger partial charge in [-0.25, -0.2) is 4.68 Å². The van der Waals surface area contributed by atoms with Gasteiger partial charge in [0, 0.05) is 19.3 Å². The van der Waals surface area contributed by atoms with Crippen molar-refractivity contribution in [1.29, 1.82) is 0 Å². The van der Waals surface area contributed by atoms with Gasteiger partial charge >= 0.3 is 0 Å². The SMILES string of the molecule is CC1CN(C)CC1n1ccnn1. The summed E-state index contributed by atoms with van der Waals surface area (Å²) >= 11 is 0. The molecule has 0 bridgehead atoms. The minimum Gasteiger partial charge on any atom is -0.304 e. The molecule has 4 nitrogen and oxygen atoms in total. The van der Waals surface area contributed by atoms with Crippen molar-refractivity contribution in [3.05, 3.63) is 12.4 Å². The summed E-state index contributed by atoms with van der Waals surface area (Å²) in [6, 6.07) is 0.512. The van der Waals surface area contributed by atoms with E-state index in [-0.39, 0.29) is 0 Å². The van der Waals surface area contributed by atoms with Gasteiger partial charge in [0.15, 0.2) is 0 Å². The highest BCUT2D eigenvalue weighted by molar-refractivity contribution is 4.84. The van der Waals surface area contributed by atoms with Crippen LogP contribution in [0.2, 0.25) is 0 Å². The molecular weight excluding hydrogens is 152 g/mol. The lowest BCUT2D eigenvalue weighted by Gasteiger charge is -2.13. The third-order valence-electron chi connectivity index (χ3n) is 2.54. The van der Waals surface area contributed by atoms with E-state index in [0.717, 1.165) is 13.1 Å². The first-order valence-corrected chi connectivity index (χ1v) is 4.31. The number of aromatic nitrogens is 3. The molecule has 1 fully saturated rings. The fourth-order valence-corrected chi connectivity index (χ4v) is 1.93. The molecule has 2 unspecified atom stereocenters. The van der Waals surface area contributed by atoms with Crippen LogP contribution in [0.25, 0.3) is 0 Å². The molecule has 0 N–H and O–H groups in total. The summed E-state index contributed by atoms with van der Waals surface area (Å²) in [6.07, 6.45) is 3.69. The van der Waals surface area contributed by atoms with Crippen LogP contribution in [0.5, 0.6) is 0 Å². The molecule has 2 atom stereocenters. The van der Waals surface area contributed by atoms with E-state index in [1.165, 1.54) is 0 Å². The first-order chi connectivity index (χ1) is 5.77. The van der Waals surface area contributed by atoms with Crippen molar-refractivity contribution in [3.63, 3.8) is 0 Å². The van der Waals surface area contributed by atoms with Gasteiger partial charge in [-0.3, -0.25) is 0 Å². The minimum atomic E-state index is 0.512. The lowest BCUT2D eigenvalue weighted by atomic mass is 10.1. The zero-order valence-corrected chi connectivity index (χ0v) is 7.51. The molecule has 1 aliphatic rings. The fourth-order valence-electron chi connectivity index (χ4n) is 1.93. The summed E-state index contributed by atoms with van der Waals surface area (Å²) in [7, 11) is 2.15. The second kappa shape index (κ2) is 2.86. The van der Waals surface area contributed by atoms with E-state index in [1.807, 2.05) is 10.9 Å². The van der Waals surface area contributed by atoms with Crippen LogP contribution >= 0.6 is 0 Å². The van der Waals surface area contributed by atoms with Crippen molar-refractivity contribution in [1.82, 2.24) is 19.9 Å². The highest BCUT2D eigenvalue weighted by Gasteiger charge is 2.28. The molecule has 1 aliphatic heterocycles. The summed E-state index contributed by atoms with van der Waals surface area (Å²) in [4.78, 5) is 2.33. The van der Waals surface area contributed by atoms with Gasteiger partial charge in [-0.15, -0.1) is 5.10 Å². The van der Waals surface area contributed by atoms with Crippen LogP contribution < -0.4 is 0 Å². The number of rotatable bonds is 1. The monoisotopic (exact) mass is 166 g/mol. The summed E-state index contributed by atoms with van der Waals surface area (Å²) in [5.41, 5.74) is 0. The Labute approximate surface area is 72.2 Å². The van der Waals surface area contributed by atoms with Crippen molar-refractivity contribution in [3.8, 4) is 0 Å². The average Bonchev–Trinajstić information content (AvgIpc) is 2.58. The molecular formula is C8H14N4. The van der Waals surface area contributed by atoms with Crippen LogP contribution in [0.4, 0.5) is 0 Å². The molecule has 4 heteroatoms. The average molecular weight is 166 g/mol. The zero-order valence-electron chi connectivity index (χ0n) is 7.51. The maximum absolute atomic E-state index is 4.02. The Hall–Kier alpha value is -0.900. The predicted octanol–water partition coefficient (Wildman–Crippen LogP) is 0.401. The number of nitrogens with zero attached hydrogens (tertiary/aromatic N) is 4. The highest BCUT2D eigenvalue weighted by atomic mass is 15.4. The Kier molecular flexibility index (Phi) is 1.84. The van der Waals surface area contributed by atoms with Gasteiger partial charge in [-0.05, 0) is 13.0 Å². The summed E-state index contributed by atoms with van der Waals surface area (Å²) in [5, 5.41) is 7.84. The Morgan fingerprint density at radius 2 is 2.25 bits per heavy atom. The summed E-state index contributed by atoms with van der Waals surface area (Å²) in [6.45, 7) is 4.50. The number of hydrogen-bond donors (Lipinski definition) is 0. The first-order valence-electron chi connectivity index (χ1n) is 4.31. The second-order valence-electron chi connectivity index (χ2n) is 3.65. The topological polar surface area (TPSA) is 34.0 Å². The molecule has 66 valence electrons. The van der Waals surface area contributed by atoms with Crippen LogP contribution in [0.3, 0.4) is 0 Å². The third-order valence-corrected chi connectivity index (χ3v) is 2.54. The van der Waals surface area contributed by atoms with E-state index in [1.54, 1.807) is 6.20 Å². The smallest absolute Gasteiger partial charge is 0.0701 e. The fraction of sp³-hybridized carbons (Fsp3) is 0.750. The van der Waals surface area contributed by atoms with E-state index in [9.17, 15) is 0 Å². The molecule has 0 spiro atoms. The molecule has 0 saturated carbocycles. The number of likely N-dealkylation sites (N-methyl/N-ethyl adjacent to an activating group) is 1. The normalized spacial score (nSPS) is 31.2. The van der Waals surface area contributed by atoms with Gasteiger partial charge in [0.2, 0.25) is 0 Å². The number of hydrogen-bond acceptors (Lipinski definition) is 3. The van der Waals surface area contributed by atoms with E-state index >= 15 is 0 Å².